The number of ketones is 1. The van der Waals surface area contributed by atoms with Crippen LogP contribution < -0.4 is 10.0 Å². The second kappa shape index (κ2) is 7.25. The number of furan rings is 1. The monoisotopic (exact) mass is 425 g/mol. The maximum atomic E-state index is 13.0. The lowest BCUT2D eigenvalue weighted by molar-refractivity contribution is -0.117. The quantitative estimate of drug-likeness (QED) is 0.596. The van der Waals surface area contributed by atoms with Crippen LogP contribution in [-0.4, -0.2) is 30.2 Å². The fourth-order valence-electron chi connectivity index (χ4n) is 3.26. The van der Waals surface area contributed by atoms with Crippen LogP contribution in [0.3, 0.4) is 0 Å². The van der Waals surface area contributed by atoms with E-state index in [-0.39, 0.29) is 21.9 Å². The standard InChI is InChI=1S/C20H15N3O6S/c21-30(27,28)13-8-6-12(7-9-13)23-17(14-4-1-2-10-22-14)16(19(25)20(23)26)18(24)15-5-3-11-29-15/h1-11,17,25H,(H2,21,27,28). The molecular weight excluding hydrogens is 410 g/mol. The number of anilines is 1. The molecule has 0 bridgehead atoms. The first-order chi connectivity index (χ1) is 14.3. The Morgan fingerprint density at radius 2 is 1.83 bits per heavy atom. The van der Waals surface area contributed by atoms with Crippen LogP contribution in [-0.2, 0) is 14.8 Å². The average Bonchev–Trinajstić information content (AvgIpc) is 3.35. The molecule has 1 atom stereocenters. The van der Waals surface area contributed by atoms with Crippen molar-refractivity contribution < 1.29 is 27.5 Å². The number of nitrogens with two attached hydrogens (primary N) is 1. The van der Waals surface area contributed by atoms with Gasteiger partial charge in [0.15, 0.2) is 11.5 Å². The van der Waals surface area contributed by atoms with E-state index in [4.69, 9.17) is 9.56 Å². The number of pyridine rings is 1. The molecular formula is C20H15N3O6S. The Bertz CT molecular complexity index is 1250. The van der Waals surface area contributed by atoms with E-state index in [0.717, 1.165) is 0 Å². The maximum Gasteiger partial charge on any atom is 0.294 e. The Morgan fingerprint density at radius 3 is 2.40 bits per heavy atom. The second-order valence-electron chi connectivity index (χ2n) is 6.44. The summed E-state index contributed by atoms with van der Waals surface area (Å²) in [5.74, 6) is -2.27. The molecule has 0 saturated heterocycles. The topological polar surface area (TPSA) is 144 Å². The lowest BCUT2D eigenvalue weighted by atomic mass is 9.98. The number of carbonyl (C=O) groups excluding carboxylic acids is 2. The van der Waals surface area contributed by atoms with Crippen LogP contribution in [0.1, 0.15) is 22.3 Å². The molecule has 1 aliphatic heterocycles. The summed E-state index contributed by atoms with van der Waals surface area (Å²) >= 11 is 0. The highest BCUT2D eigenvalue weighted by Crippen LogP contribution is 2.41. The zero-order chi connectivity index (χ0) is 21.5. The fraction of sp³-hybridized carbons (Fsp3) is 0.0500. The third-order valence-electron chi connectivity index (χ3n) is 4.61. The van der Waals surface area contributed by atoms with Crippen LogP contribution in [0.15, 0.2) is 87.7 Å². The van der Waals surface area contributed by atoms with Gasteiger partial charge in [0.2, 0.25) is 15.8 Å². The number of aliphatic hydroxyl groups excluding tert-OH is 1. The van der Waals surface area contributed by atoms with Crippen molar-refractivity contribution in [2.75, 3.05) is 4.90 Å². The molecule has 1 amide bonds. The van der Waals surface area contributed by atoms with Gasteiger partial charge in [-0.3, -0.25) is 19.5 Å². The minimum atomic E-state index is -3.93. The summed E-state index contributed by atoms with van der Waals surface area (Å²) in [6, 6.07) is 12.0. The van der Waals surface area contributed by atoms with E-state index in [1.807, 2.05) is 0 Å². The van der Waals surface area contributed by atoms with Gasteiger partial charge >= 0.3 is 0 Å². The van der Waals surface area contributed by atoms with Crippen molar-refractivity contribution in [2.45, 2.75) is 10.9 Å². The number of aliphatic hydroxyl groups is 1. The number of sulfonamides is 1. The van der Waals surface area contributed by atoms with Gasteiger partial charge in [0.05, 0.1) is 22.4 Å². The van der Waals surface area contributed by atoms with E-state index in [1.54, 1.807) is 18.2 Å². The molecule has 0 spiro atoms. The van der Waals surface area contributed by atoms with Crippen molar-refractivity contribution in [3.05, 3.63) is 89.8 Å². The van der Waals surface area contributed by atoms with E-state index in [0.29, 0.717) is 5.69 Å². The predicted molar refractivity (Wildman–Crippen MR) is 105 cm³/mol. The first kappa shape index (κ1) is 19.6. The lowest BCUT2D eigenvalue weighted by Gasteiger charge is -2.26. The summed E-state index contributed by atoms with van der Waals surface area (Å²) in [6.07, 6.45) is 2.80. The number of Topliss-reactive ketones (excluding diaryl/α,β-unsaturated/α-hetero) is 1. The zero-order valence-electron chi connectivity index (χ0n) is 15.3. The van der Waals surface area contributed by atoms with Crippen LogP contribution >= 0.6 is 0 Å². The third-order valence-corrected chi connectivity index (χ3v) is 5.54. The van der Waals surface area contributed by atoms with Crippen molar-refractivity contribution in [2.24, 2.45) is 5.14 Å². The number of hydrogen-bond donors (Lipinski definition) is 2. The summed E-state index contributed by atoms with van der Waals surface area (Å²) in [5, 5.41) is 15.7. The molecule has 1 aliphatic rings. The zero-order valence-corrected chi connectivity index (χ0v) is 16.1. The second-order valence-corrected chi connectivity index (χ2v) is 8.00. The molecule has 0 aliphatic carbocycles. The molecule has 30 heavy (non-hydrogen) atoms. The molecule has 0 saturated carbocycles. The normalized spacial score (nSPS) is 16.9. The highest BCUT2D eigenvalue weighted by Gasteiger charge is 2.45. The molecule has 9 nitrogen and oxygen atoms in total. The van der Waals surface area contributed by atoms with Gasteiger partial charge in [-0.15, -0.1) is 0 Å². The van der Waals surface area contributed by atoms with Gasteiger partial charge in [-0.1, -0.05) is 6.07 Å². The van der Waals surface area contributed by atoms with E-state index in [1.165, 1.54) is 53.8 Å². The summed E-state index contributed by atoms with van der Waals surface area (Å²) < 4.78 is 28.2. The molecule has 3 heterocycles. The maximum absolute atomic E-state index is 13.0. The molecule has 3 aromatic rings. The number of primary sulfonamides is 1. The summed E-state index contributed by atoms with van der Waals surface area (Å²) in [4.78, 5) is 31.2. The Hall–Kier alpha value is -3.76. The highest BCUT2D eigenvalue weighted by atomic mass is 32.2. The molecule has 0 radical (unpaired) electrons. The molecule has 152 valence electrons. The van der Waals surface area contributed by atoms with E-state index < -0.39 is 33.5 Å². The smallest absolute Gasteiger partial charge is 0.294 e. The van der Waals surface area contributed by atoms with Crippen LogP contribution in [0, 0.1) is 0 Å². The number of rotatable bonds is 5. The predicted octanol–water partition coefficient (Wildman–Crippen LogP) is 2.10. The first-order valence-electron chi connectivity index (χ1n) is 8.67. The molecule has 10 heteroatoms. The van der Waals surface area contributed by atoms with Crippen LogP contribution in [0.2, 0.25) is 0 Å². The molecule has 1 unspecified atom stereocenters. The van der Waals surface area contributed by atoms with Crippen molar-refractivity contribution in [3.8, 4) is 0 Å². The summed E-state index contributed by atoms with van der Waals surface area (Å²) in [6.45, 7) is 0. The van der Waals surface area contributed by atoms with E-state index in [9.17, 15) is 23.1 Å². The summed E-state index contributed by atoms with van der Waals surface area (Å²) in [5.41, 5.74) is 0.390. The number of amides is 1. The van der Waals surface area contributed by atoms with Crippen LogP contribution in [0.4, 0.5) is 5.69 Å². The fourth-order valence-corrected chi connectivity index (χ4v) is 3.77. The molecule has 3 N–H and O–H groups in total. The molecule has 4 rings (SSSR count). The number of hydrogen-bond acceptors (Lipinski definition) is 7. The number of benzene rings is 1. The number of aromatic nitrogens is 1. The molecule has 2 aromatic heterocycles. The minimum absolute atomic E-state index is 0.0447. The van der Waals surface area contributed by atoms with Crippen LogP contribution in [0.5, 0.6) is 0 Å². The Balaban J connectivity index is 1.85. The van der Waals surface area contributed by atoms with Crippen molar-refractivity contribution in [3.63, 3.8) is 0 Å². The average molecular weight is 425 g/mol. The van der Waals surface area contributed by atoms with Gasteiger partial charge in [0, 0.05) is 11.9 Å². The van der Waals surface area contributed by atoms with Crippen molar-refractivity contribution in [1.82, 2.24) is 4.98 Å². The van der Waals surface area contributed by atoms with Gasteiger partial charge in [-0.2, -0.15) is 0 Å². The Labute approximate surface area is 171 Å². The minimum Gasteiger partial charge on any atom is -0.503 e. The van der Waals surface area contributed by atoms with Crippen molar-refractivity contribution in [1.29, 1.82) is 0 Å². The van der Waals surface area contributed by atoms with E-state index >= 15 is 0 Å². The van der Waals surface area contributed by atoms with Gasteiger partial charge < -0.3 is 9.52 Å². The van der Waals surface area contributed by atoms with Gasteiger partial charge in [-0.05, 0) is 48.5 Å². The largest absolute Gasteiger partial charge is 0.503 e. The van der Waals surface area contributed by atoms with Gasteiger partial charge in [-0.25, -0.2) is 13.6 Å². The van der Waals surface area contributed by atoms with E-state index in [2.05, 4.69) is 4.98 Å². The first-order valence-corrected chi connectivity index (χ1v) is 10.2. The summed E-state index contributed by atoms with van der Waals surface area (Å²) in [7, 11) is -3.93. The SMILES string of the molecule is NS(=O)(=O)c1ccc(N2C(=O)C(O)=C(C(=O)c3ccco3)C2c2ccccn2)cc1. The molecule has 0 fully saturated rings. The highest BCUT2D eigenvalue weighted by molar-refractivity contribution is 7.89. The Morgan fingerprint density at radius 1 is 1.10 bits per heavy atom. The third kappa shape index (κ3) is 3.27. The Kier molecular flexibility index (Phi) is 4.72. The molecule has 1 aromatic carbocycles. The van der Waals surface area contributed by atoms with Gasteiger partial charge in [0.1, 0.15) is 6.04 Å². The van der Waals surface area contributed by atoms with Crippen molar-refractivity contribution >= 4 is 27.4 Å². The van der Waals surface area contributed by atoms with Gasteiger partial charge in [0.25, 0.3) is 5.91 Å². The van der Waals surface area contributed by atoms with Crippen LogP contribution in [0.25, 0.3) is 0 Å². The lowest BCUT2D eigenvalue weighted by Crippen LogP contribution is -2.31. The number of carbonyl (C=O) groups is 2. The number of nitrogens with zero attached hydrogens (tertiary/aromatic N) is 2.